The van der Waals surface area contributed by atoms with Crippen molar-refractivity contribution in [3.8, 4) is 0 Å². The first-order chi connectivity index (χ1) is 18.0. The molecule has 0 atom stereocenters. The van der Waals surface area contributed by atoms with Gasteiger partial charge in [0, 0.05) is 0 Å². The van der Waals surface area contributed by atoms with Crippen molar-refractivity contribution in [1.82, 2.24) is 14.8 Å². The maximum atomic E-state index is 9.78. The van der Waals surface area contributed by atoms with Gasteiger partial charge >= 0.3 is 8.25 Å². The molecule has 0 radical (unpaired) electrons. The molecular weight excluding hydrogens is 487 g/mol. The van der Waals surface area contributed by atoms with Crippen LogP contribution >= 0.6 is 8.25 Å². The minimum absolute atomic E-state index is 0.421. The van der Waals surface area contributed by atoms with Crippen LogP contribution in [0.5, 0.6) is 0 Å². The molecule has 4 rings (SSSR count). The van der Waals surface area contributed by atoms with Gasteiger partial charge in [0.05, 0.1) is 0 Å². The molecule has 0 spiro atoms. The molecule has 0 amide bonds. The third-order valence-electron chi connectivity index (χ3n) is 6.43. The number of rotatable bonds is 9. The second kappa shape index (κ2) is 13.7. The van der Waals surface area contributed by atoms with Gasteiger partial charge in [-0.2, -0.15) is 0 Å². The Hall–Kier alpha value is -3.58. The highest BCUT2D eigenvalue weighted by Crippen LogP contribution is 2.40. The molecule has 3 aromatic carbocycles. The molecule has 0 unspecified atom stereocenters. The highest BCUT2D eigenvalue weighted by Gasteiger charge is 2.39. The fourth-order valence-corrected chi connectivity index (χ4v) is 4.52. The summed E-state index contributed by atoms with van der Waals surface area (Å²) in [7, 11) is -3.13. The van der Waals surface area contributed by atoms with Gasteiger partial charge in [0.1, 0.15) is 17.6 Å². The van der Waals surface area contributed by atoms with Gasteiger partial charge in [-0.3, -0.25) is 4.57 Å². The van der Waals surface area contributed by atoms with E-state index in [-0.39, 0.29) is 0 Å². The summed E-state index contributed by atoms with van der Waals surface area (Å²) in [5, 5.41) is 18.3. The van der Waals surface area contributed by atoms with Crippen LogP contribution in [0.3, 0.4) is 0 Å². The van der Waals surface area contributed by atoms with E-state index in [9.17, 15) is 5.21 Å². The molecule has 0 saturated heterocycles. The zero-order valence-electron chi connectivity index (χ0n) is 21.0. The van der Waals surface area contributed by atoms with Gasteiger partial charge in [-0.15, -0.1) is 5.10 Å². The normalized spacial score (nSPS) is 11.9. The van der Waals surface area contributed by atoms with Crippen molar-refractivity contribution in [1.29, 1.82) is 0 Å². The molecule has 37 heavy (non-hydrogen) atoms. The molecule has 4 aromatic rings. The number of aromatic nitrogens is 3. The van der Waals surface area contributed by atoms with Crippen molar-refractivity contribution in [2.75, 3.05) is 0 Å². The molecule has 194 valence electrons. The number of benzene rings is 3. The van der Waals surface area contributed by atoms with Gasteiger partial charge in [-0.25, -0.2) is 9.67 Å². The van der Waals surface area contributed by atoms with E-state index in [2.05, 4.69) is 60.4 Å². The van der Waals surface area contributed by atoms with E-state index in [0.29, 0.717) is 23.9 Å². The summed E-state index contributed by atoms with van der Waals surface area (Å²) < 4.78 is 10.6. The Balaban J connectivity index is 0.000000886. The molecule has 8 nitrogen and oxygen atoms in total. The average molecular weight is 521 g/mol. The first-order valence-corrected chi connectivity index (χ1v) is 13.5. The fraction of sp³-hybridized carbons (Fsp3) is 0.250. The Kier molecular flexibility index (Phi) is 10.3. The van der Waals surface area contributed by atoms with E-state index in [1.54, 1.807) is 6.33 Å². The summed E-state index contributed by atoms with van der Waals surface area (Å²) in [6.45, 7) is 4.31. The lowest BCUT2D eigenvalue weighted by atomic mass is 9.77. The van der Waals surface area contributed by atoms with Crippen LogP contribution in [0.1, 0.15) is 55.6 Å². The van der Waals surface area contributed by atoms with Gasteiger partial charge in [-0.05, 0) is 29.0 Å². The van der Waals surface area contributed by atoms with E-state index in [1.165, 1.54) is 0 Å². The lowest BCUT2D eigenvalue weighted by Crippen LogP contribution is -2.38. The zero-order chi connectivity index (χ0) is 26.7. The largest absolute Gasteiger partial charge is 0.411 e. The highest BCUT2D eigenvalue weighted by molar-refractivity contribution is 7.30. The van der Waals surface area contributed by atoms with Crippen LogP contribution < -0.4 is 0 Å². The van der Waals surface area contributed by atoms with Crippen molar-refractivity contribution in [3.05, 3.63) is 120 Å². The Morgan fingerprint density at radius 1 is 0.865 bits per heavy atom. The van der Waals surface area contributed by atoms with Crippen LogP contribution in [0.15, 0.2) is 102 Å². The van der Waals surface area contributed by atoms with Crippen molar-refractivity contribution < 1.29 is 19.6 Å². The van der Waals surface area contributed by atoms with E-state index in [0.717, 1.165) is 29.5 Å². The average Bonchev–Trinajstić information content (AvgIpc) is 3.42. The molecule has 0 fully saturated rings. The maximum Gasteiger partial charge on any atom is 0.314 e. The fourth-order valence-electron chi connectivity index (χ4n) is 4.52. The second-order valence-corrected chi connectivity index (χ2v) is 9.10. The monoisotopic (exact) mass is 520 g/mol. The van der Waals surface area contributed by atoms with Crippen molar-refractivity contribution in [2.24, 2.45) is 11.1 Å². The van der Waals surface area contributed by atoms with Crippen LogP contribution in [-0.2, 0) is 10.1 Å². The molecular formula is C28H33N4O4P. The van der Waals surface area contributed by atoms with Crippen molar-refractivity contribution in [3.63, 3.8) is 0 Å². The molecule has 1 aromatic heterocycles. The molecule has 9 heteroatoms. The topological polar surface area (TPSA) is 121 Å². The summed E-state index contributed by atoms with van der Waals surface area (Å²) >= 11 is 0. The lowest BCUT2D eigenvalue weighted by Gasteiger charge is -2.35. The summed E-state index contributed by atoms with van der Waals surface area (Å²) in [6.07, 6.45) is 4.42. The van der Waals surface area contributed by atoms with E-state index in [4.69, 9.17) is 19.5 Å². The SMILES string of the molecule is CCC(CC)CC(=NO)c1ncn(C(c2ccccc2)(c2ccccc2)c2ccccc2)n1.O=[PH](O)O. The maximum absolute atomic E-state index is 9.78. The molecule has 0 aliphatic heterocycles. The number of oxime groups is 1. The standard InChI is InChI=1S/C28H30N4O.H3O3P/c1-3-22(4-2)20-26(31-33)27-29-21-32(30-27)28(23-14-8-5-9-15-23,24-16-10-6-11-17-24)25-18-12-7-13-19-25;1-4(2)3/h5-19,21-22,33H,3-4,20H2,1-2H3;4H,(H2,1,2,3). The first-order valence-electron chi connectivity index (χ1n) is 12.2. The highest BCUT2D eigenvalue weighted by atomic mass is 31.1. The van der Waals surface area contributed by atoms with Gasteiger partial charge in [0.15, 0.2) is 5.82 Å². The zero-order valence-corrected chi connectivity index (χ0v) is 22.0. The van der Waals surface area contributed by atoms with Crippen LogP contribution in [0.4, 0.5) is 0 Å². The van der Waals surface area contributed by atoms with Gasteiger partial charge < -0.3 is 15.0 Å². The van der Waals surface area contributed by atoms with Crippen molar-refractivity contribution in [2.45, 2.75) is 38.6 Å². The van der Waals surface area contributed by atoms with Crippen molar-refractivity contribution >= 4 is 14.0 Å². The van der Waals surface area contributed by atoms with Crippen LogP contribution in [0, 0.1) is 5.92 Å². The van der Waals surface area contributed by atoms with E-state index >= 15 is 0 Å². The summed E-state index contributed by atoms with van der Waals surface area (Å²) in [4.78, 5) is 18.9. The first kappa shape index (κ1) is 28.0. The van der Waals surface area contributed by atoms with Crippen LogP contribution in [0.25, 0.3) is 0 Å². The smallest absolute Gasteiger partial charge is 0.314 e. The van der Waals surface area contributed by atoms with E-state index in [1.807, 2.05) is 59.3 Å². The predicted molar refractivity (Wildman–Crippen MR) is 145 cm³/mol. The summed E-state index contributed by atoms with van der Waals surface area (Å²) in [5.74, 6) is 0.876. The van der Waals surface area contributed by atoms with E-state index < -0.39 is 13.8 Å². The number of hydrogen-bond acceptors (Lipinski definition) is 5. The Morgan fingerprint density at radius 3 is 1.62 bits per heavy atom. The number of hydrogen-bond donors (Lipinski definition) is 3. The molecule has 0 saturated carbocycles. The Bertz CT molecular complexity index is 1180. The molecule has 3 N–H and O–H groups in total. The third kappa shape index (κ3) is 6.60. The van der Waals surface area contributed by atoms with Gasteiger partial charge in [0.25, 0.3) is 0 Å². The Labute approximate surface area is 217 Å². The second-order valence-electron chi connectivity index (χ2n) is 8.54. The molecule has 0 aliphatic rings. The Morgan fingerprint density at radius 2 is 1.27 bits per heavy atom. The van der Waals surface area contributed by atoms with Gasteiger partial charge in [-0.1, -0.05) is 123 Å². The molecule has 0 bridgehead atoms. The minimum atomic E-state index is -3.13. The minimum Gasteiger partial charge on any atom is -0.411 e. The summed E-state index contributed by atoms with van der Waals surface area (Å²) in [6, 6.07) is 31.0. The lowest BCUT2D eigenvalue weighted by molar-refractivity contribution is 0.315. The molecule has 1 heterocycles. The van der Waals surface area contributed by atoms with Gasteiger partial charge in [0.2, 0.25) is 0 Å². The molecule has 0 aliphatic carbocycles. The summed E-state index contributed by atoms with van der Waals surface area (Å²) in [5.41, 5.74) is 3.00. The van der Waals surface area contributed by atoms with Crippen LogP contribution in [0.2, 0.25) is 0 Å². The van der Waals surface area contributed by atoms with Crippen LogP contribution in [-0.4, -0.2) is 35.5 Å². The quantitative estimate of drug-likeness (QED) is 0.0883. The predicted octanol–water partition coefficient (Wildman–Crippen LogP) is 5.48. The third-order valence-corrected chi connectivity index (χ3v) is 6.43. The number of nitrogens with zero attached hydrogens (tertiary/aromatic N) is 4.